The molecule has 24 nitrogen and oxygen atoms in total. The molecule has 9 aliphatic rings. The molecule has 0 saturated heterocycles. The topological polar surface area (TPSA) is 351 Å². The summed E-state index contributed by atoms with van der Waals surface area (Å²) >= 11 is 16.9. The molecule has 111 heavy (non-hydrogen) atoms. The number of ketones is 1. The fraction of sp³-hybridized carbons (Fsp3) is 0.343. The number of carboxylic acids is 1. The Labute approximate surface area is 700 Å². The monoisotopic (exact) mass is 1830 g/mol. The average Bonchev–Trinajstić information content (AvgIpc) is 1.60. The summed E-state index contributed by atoms with van der Waals surface area (Å²) in [6.45, 7) is 3.12. The standard InChI is InChI=1S/C12H9F2NO4.C11H7ClF2O3.C11H7F2NO2.C11H8F2O4.C9H5F2NO2.C7H3BrF2O2.C4H5NO.C2H4BrCl.Cl2OS.K.H2O/c1-2-17-11(16)8(6-15)7-3-4-9-10(5-7)19-12(13,14)18-9;12-9(15)10(3-4-10)6-1-2-7-8(5-6)17-11(13,14)16-7;12-11(13)15-8-2-1-7(5-9(8)16-11)10(6-14)3-4-10;12-11(13)16-7-2-1-6(5-8(7)17-11)10(3-4-10)9(14)15;10-9(11)13-7-2-1-6(3-4-12)5-8(7)14-9;8-4-1-2-5-6(3-4)12-7(9,10)11-5;1-4(6)2-3-5;3-1-2-4;1-4(2)3;;/h3-5,8H,2H2,1H3;1-2,5H,3-4H2;1-2,5H,3-4H2;1-2,5H,3-4H2,(H,14,15);1-2,5H,3H2;1-3H;2H2,1H3;1-2H2;;;1H2/q;;;;;;;;;+1;/p-1. The number of esters is 1. The van der Waals surface area contributed by atoms with Crippen LogP contribution in [0.1, 0.15) is 92.5 Å². The molecule has 15 rings (SSSR count). The largest absolute Gasteiger partial charge is 1.00 e. The predicted molar refractivity (Wildman–Crippen MR) is 362 cm³/mol. The third-order valence-corrected chi connectivity index (χ3v) is 16.9. The van der Waals surface area contributed by atoms with Crippen LogP contribution in [0.3, 0.4) is 0 Å². The number of halogens is 18. The van der Waals surface area contributed by atoms with Crippen LogP contribution in [0.2, 0.25) is 0 Å². The Morgan fingerprint density at radius 3 is 1.18 bits per heavy atom. The van der Waals surface area contributed by atoms with Crippen molar-refractivity contribution < 1.29 is 200 Å². The fourth-order valence-electron chi connectivity index (χ4n) is 9.67. The number of carbonyl (C=O) groups is 4. The van der Waals surface area contributed by atoms with Gasteiger partial charge in [-0.2, -0.15) is 21.0 Å². The van der Waals surface area contributed by atoms with Crippen molar-refractivity contribution >= 4 is 109 Å². The molecule has 0 bridgehead atoms. The van der Waals surface area contributed by atoms with Crippen molar-refractivity contribution in [3.05, 3.63) is 141 Å². The van der Waals surface area contributed by atoms with E-state index in [4.69, 9.17) is 58.3 Å². The van der Waals surface area contributed by atoms with Crippen LogP contribution < -0.4 is 108 Å². The number of benzene rings is 6. The van der Waals surface area contributed by atoms with E-state index in [0.717, 1.165) is 23.7 Å². The number of nitriles is 4. The van der Waals surface area contributed by atoms with Gasteiger partial charge in [0, 0.05) is 37.0 Å². The minimum absolute atomic E-state index is 0. The summed E-state index contributed by atoms with van der Waals surface area (Å²) in [5.74, 6) is -2.77. The summed E-state index contributed by atoms with van der Waals surface area (Å²) in [7, 11) is 7.36. The van der Waals surface area contributed by atoms with E-state index in [9.17, 15) is 71.9 Å². The molecule has 3 fully saturated rings. The van der Waals surface area contributed by atoms with Gasteiger partial charge in [0.1, 0.15) is 5.78 Å². The van der Waals surface area contributed by atoms with Gasteiger partial charge in [-0.3, -0.25) is 19.2 Å². The van der Waals surface area contributed by atoms with E-state index in [1.165, 1.54) is 91.9 Å². The number of carboxylic acid groups (broad SMARTS) is 1. The molecule has 0 spiro atoms. The van der Waals surface area contributed by atoms with E-state index in [1.807, 2.05) is 6.07 Å². The van der Waals surface area contributed by atoms with Crippen LogP contribution in [0.4, 0.5) is 52.7 Å². The Hall–Kier alpha value is -7.81. The summed E-state index contributed by atoms with van der Waals surface area (Å²) < 4.78 is 218. The summed E-state index contributed by atoms with van der Waals surface area (Å²) in [5, 5.41) is 43.6. The number of rotatable bonds is 11. The van der Waals surface area contributed by atoms with Crippen LogP contribution in [-0.4, -0.2) is 93.3 Å². The number of carbonyl (C=O) groups excluding carboxylic acids is 3. The molecule has 2 N–H and O–H groups in total. The van der Waals surface area contributed by atoms with Crippen LogP contribution >= 0.6 is 76.4 Å². The first kappa shape index (κ1) is 93.8. The molecular formula is C67H49Br2Cl4F12KN4O20S. The summed E-state index contributed by atoms with van der Waals surface area (Å²) in [6.07, 6.45) is -17.7. The SMILES string of the molecule is CC(=O)CC#N.CCOC(=O)C(C#N)c1ccc2c(c1)OC(F)(F)O2.ClCCBr.FC1(F)Oc2ccc(Br)cc2O1.N#CC1(c2ccc3c(c2)OC(F)(F)O3)CC1.N#CCc1ccc2c(c1)OC(F)(F)O2.O=C(Cl)C1(c2ccc3c(c2)OC(F)(F)O3)CC1.O=C(O)C1(c2ccc3c(c2)OC(F)(F)O3)CC1.O=S(Cl)Cl.[K+].[OH-]. The molecule has 6 aromatic rings. The summed E-state index contributed by atoms with van der Waals surface area (Å²) in [6, 6.07) is 33.0. The molecule has 44 heteroatoms. The van der Waals surface area contributed by atoms with Crippen molar-refractivity contribution in [1.82, 2.24) is 0 Å². The van der Waals surface area contributed by atoms with Crippen molar-refractivity contribution in [2.75, 3.05) is 17.8 Å². The van der Waals surface area contributed by atoms with E-state index in [2.05, 4.69) is 116 Å². The predicted octanol–water partition coefficient (Wildman–Crippen LogP) is 14.5. The van der Waals surface area contributed by atoms with Crippen molar-refractivity contribution in [2.24, 2.45) is 0 Å². The zero-order valence-corrected chi connectivity index (χ0v) is 66.6. The summed E-state index contributed by atoms with van der Waals surface area (Å²) in [4.78, 5) is 43.8. The zero-order chi connectivity index (χ0) is 80.9. The van der Waals surface area contributed by atoms with E-state index in [0.29, 0.717) is 52.7 Å². The Balaban J connectivity index is 0.000000230. The second kappa shape index (κ2) is 38.8. The Kier molecular flexibility index (Phi) is 32.8. The molecule has 3 saturated carbocycles. The normalized spacial score (nSPS) is 17.8. The molecule has 6 heterocycles. The van der Waals surface area contributed by atoms with Gasteiger partial charge in [0.05, 0.1) is 60.0 Å². The molecule has 0 amide bonds. The number of Topliss-reactive ketones (excluding diaryl/α,β-unsaturated/α-hetero) is 1. The van der Waals surface area contributed by atoms with E-state index in [1.54, 1.807) is 43.3 Å². The third kappa shape index (κ3) is 26.1. The van der Waals surface area contributed by atoms with Gasteiger partial charge >= 0.3 is 101 Å². The van der Waals surface area contributed by atoms with Gasteiger partial charge in [-0.25, -0.2) is 4.21 Å². The van der Waals surface area contributed by atoms with Gasteiger partial charge in [-0.1, -0.05) is 62.2 Å². The Morgan fingerprint density at radius 1 is 0.532 bits per heavy atom. The van der Waals surface area contributed by atoms with Crippen molar-refractivity contribution in [3.63, 3.8) is 0 Å². The molecular weight excluding hydrogens is 1780 g/mol. The van der Waals surface area contributed by atoms with Crippen LogP contribution in [-0.2, 0) is 55.8 Å². The summed E-state index contributed by atoms with van der Waals surface area (Å²) in [5.41, 5.74) is 0.455. The third-order valence-electron chi connectivity index (χ3n) is 15.0. The molecule has 6 aromatic carbocycles. The van der Waals surface area contributed by atoms with Crippen LogP contribution in [0.15, 0.2) is 114 Å². The number of aliphatic carboxylic acids is 1. The number of hydrogen-bond acceptors (Lipinski definition) is 23. The average molecular weight is 1830 g/mol. The first-order valence-corrected chi connectivity index (χ1v) is 36.1. The molecule has 0 aromatic heterocycles. The molecule has 1 unspecified atom stereocenters. The number of fused-ring (bicyclic) bond motifs is 6. The van der Waals surface area contributed by atoms with Crippen molar-refractivity contribution in [1.29, 1.82) is 21.0 Å². The van der Waals surface area contributed by atoms with Gasteiger partial charge in [0.2, 0.25) is 14.5 Å². The Bertz CT molecular complexity index is 4510. The van der Waals surface area contributed by atoms with Crippen molar-refractivity contribution in [3.8, 4) is 93.3 Å². The fourth-order valence-corrected chi connectivity index (χ4v) is 10.3. The first-order chi connectivity index (χ1) is 51.0. The van der Waals surface area contributed by atoms with Gasteiger partial charge < -0.3 is 72.2 Å². The molecule has 3 aliphatic carbocycles. The maximum absolute atomic E-state index is 12.8. The smallest absolute Gasteiger partial charge is 0.870 e. The van der Waals surface area contributed by atoms with Crippen LogP contribution in [0.25, 0.3) is 0 Å². The maximum atomic E-state index is 12.8. The second-order valence-electron chi connectivity index (χ2n) is 22.8. The molecule has 6 aliphatic heterocycles. The van der Waals surface area contributed by atoms with E-state index >= 15 is 0 Å². The zero-order valence-electron chi connectivity index (χ0n) is 56.5. The number of nitrogens with zero attached hydrogens (tertiary/aromatic N) is 4. The van der Waals surface area contributed by atoms with Gasteiger partial charge in [0.15, 0.2) is 74.9 Å². The van der Waals surface area contributed by atoms with Gasteiger partial charge in [-0.15, -0.1) is 64.3 Å². The van der Waals surface area contributed by atoms with E-state index < -0.39 is 86.3 Å². The Morgan fingerprint density at radius 2 is 0.865 bits per heavy atom. The molecule has 0 radical (unpaired) electrons. The quantitative estimate of drug-likeness (QED) is 0.0414. The molecule has 1 atom stereocenters. The molecule has 590 valence electrons. The minimum atomic E-state index is -3.73. The number of hydrogen-bond donors (Lipinski definition) is 1. The van der Waals surface area contributed by atoms with Crippen LogP contribution in [0.5, 0.6) is 69.0 Å². The second-order valence-corrected chi connectivity index (χ2v) is 27.7. The van der Waals surface area contributed by atoms with Crippen LogP contribution in [0, 0.1) is 45.3 Å². The number of ether oxygens (including phenoxy) is 13. The first-order valence-electron chi connectivity index (χ1n) is 30.5. The van der Waals surface area contributed by atoms with E-state index in [-0.39, 0.29) is 157 Å². The minimum Gasteiger partial charge on any atom is -0.870 e. The van der Waals surface area contributed by atoms with Gasteiger partial charge in [0.25, 0.3) is 0 Å². The van der Waals surface area contributed by atoms with Gasteiger partial charge in [-0.05, 0) is 171 Å². The van der Waals surface area contributed by atoms with Crippen molar-refractivity contribution in [2.45, 2.75) is 125 Å². The number of alkyl halides is 14. The maximum Gasteiger partial charge on any atom is 1.00 e.